The Labute approximate surface area is 200 Å². The summed E-state index contributed by atoms with van der Waals surface area (Å²) in [5.41, 5.74) is 3.11. The summed E-state index contributed by atoms with van der Waals surface area (Å²) in [5.74, 6) is -1.06. The van der Waals surface area contributed by atoms with Gasteiger partial charge in [0.05, 0.1) is 28.9 Å². The number of hydrogen-bond acceptors (Lipinski definition) is 6. The number of aryl methyl sites for hydroxylation is 1. The maximum Gasteiger partial charge on any atom is 0.301 e. The fraction of sp³-hybridized carbons (Fsp3) is 0.148. The molecule has 0 bridgehead atoms. The Morgan fingerprint density at radius 2 is 1.79 bits per heavy atom. The normalized spacial score (nSPS) is 17.5. The number of anilines is 1. The van der Waals surface area contributed by atoms with Gasteiger partial charge in [-0.3, -0.25) is 14.5 Å². The molecule has 170 valence electrons. The smallest absolute Gasteiger partial charge is 0.301 e. The number of benzene rings is 3. The summed E-state index contributed by atoms with van der Waals surface area (Å²) in [7, 11) is 1.55. The quantitative estimate of drug-likeness (QED) is 0.237. The minimum Gasteiger partial charge on any atom is -0.507 e. The number of aliphatic hydroxyl groups excluding tert-OH is 1. The van der Waals surface area contributed by atoms with Crippen molar-refractivity contribution < 1.29 is 19.4 Å². The molecular weight excluding hydrogens is 448 g/mol. The molecule has 34 heavy (non-hydrogen) atoms. The third-order valence-electron chi connectivity index (χ3n) is 5.98. The van der Waals surface area contributed by atoms with Crippen LogP contribution in [-0.2, 0) is 16.0 Å². The van der Waals surface area contributed by atoms with Crippen molar-refractivity contribution >= 4 is 44.1 Å². The molecule has 0 aliphatic carbocycles. The van der Waals surface area contributed by atoms with Crippen molar-refractivity contribution in [3.63, 3.8) is 0 Å². The first-order valence-corrected chi connectivity index (χ1v) is 11.7. The summed E-state index contributed by atoms with van der Waals surface area (Å²) in [6, 6.07) is 21.1. The molecule has 1 fully saturated rings. The van der Waals surface area contributed by atoms with Crippen LogP contribution in [0.15, 0.2) is 78.4 Å². The fourth-order valence-electron chi connectivity index (χ4n) is 4.16. The van der Waals surface area contributed by atoms with Gasteiger partial charge in [-0.15, -0.1) is 0 Å². The molecule has 1 atom stereocenters. The molecule has 3 aromatic carbocycles. The number of carbonyl (C=O) groups is 2. The maximum atomic E-state index is 13.3. The highest BCUT2D eigenvalue weighted by Crippen LogP contribution is 2.44. The zero-order chi connectivity index (χ0) is 23.8. The van der Waals surface area contributed by atoms with Crippen LogP contribution in [0.1, 0.15) is 29.7 Å². The molecule has 1 aliphatic rings. The van der Waals surface area contributed by atoms with Gasteiger partial charge >= 0.3 is 5.91 Å². The lowest BCUT2D eigenvalue weighted by atomic mass is 9.95. The largest absolute Gasteiger partial charge is 0.507 e. The van der Waals surface area contributed by atoms with E-state index in [0.717, 1.165) is 16.6 Å². The van der Waals surface area contributed by atoms with E-state index in [2.05, 4.69) is 18.0 Å². The van der Waals surface area contributed by atoms with Crippen LogP contribution in [0.5, 0.6) is 5.75 Å². The van der Waals surface area contributed by atoms with Crippen molar-refractivity contribution in [1.29, 1.82) is 0 Å². The Bertz CT molecular complexity index is 1420. The standard InChI is InChI=1S/C27H22N2O4S/c1-3-16-9-14-20-21(15-16)34-27(28-20)29-23(17-7-5-4-6-8-17)22(25(31)26(29)32)24(30)18-10-12-19(33-2)13-11-18/h4-15,23,30H,3H2,1-2H3/b24-22+. The molecule has 1 saturated heterocycles. The van der Waals surface area contributed by atoms with E-state index in [4.69, 9.17) is 4.74 Å². The van der Waals surface area contributed by atoms with E-state index >= 15 is 0 Å². The minimum atomic E-state index is -0.797. The van der Waals surface area contributed by atoms with Gasteiger partial charge in [-0.2, -0.15) is 0 Å². The van der Waals surface area contributed by atoms with Crippen molar-refractivity contribution in [2.75, 3.05) is 12.0 Å². The number of ketones is 1. The van der Waals surface area contributed by atoms with Crippen molar-refractivity contribution in [2.45, 2.75) is 19.4 Å². The van der Waals surface area contributed by atoms with E-state index < -0.39 is 17.7 Å². The highest BCUT2D eigenvalue weighted by atomic mass is 32.1. The zero-order valence-corrected chi connectivity index (χ0v) is 19.5. The Morgan fingerprint density at radius 3 is 2.47 bits per heavy atom. The molecule has 7 heteroatoms. The van der Waals surface area contributed by atoms with Crippen LogP contribution in [-0.4, -0.2) is 28.9 Å². The third kappa shape index (κ3) is 3.64. The van der Waals surface area contributed by atoms with Crippen LogP contribution in [0, 0.1) is 0 Å². The first-order chi connectivity index (χ1) is 16.5. The molecule has 0 spiro atoms. The predicted molar refractivity (Wildman–Crippen MR) is 133 cm³/mol. The molecule has 0 saturated carbocycles. The molecule has 1 aliphatic heterocycles. The Balaban J connectivity index is 1.69. The molecule has 1 aromatic heterocycles. The average Bonchev–Trinajstić information content (AvgIpc) is 3.41. The number of carbonyl (C=O) groups excluding carboxylic acids is 2. The number of aromatic nitrogens is 1. The minimum absolute atomic E-state index is 0.0369. The van der Waals surface area contributed by atoms with Gasteiger partial charge in [-0.1, -0.05) is 54.7 Å². The van der Waals surface area contributed by atoms with Crippen molar-refractivity contribution in [3.05, 3.63) is 95.1 Å². The lowest BCUT2D eigenvalue weighted by molar-refractivity contribution is -0.132. The number of Topliss-reactive ketones (excluding diaryl/α,β-unsaturated/α-hetero) is 1. The van der Waals surface area contributed by atoms with E-state index in [0.29, 0.717) is 22.0 Å². The van der Waals surface area contributed by atoms with Crippen LogP contribution < -0.4 is 9.64 Å². The van der Waals surface area contributed by atoms with Gasteiger partial charge in [-0.25, -0.2) is 4.98 Å². The van der Waals surface area contributed by atoms with E-state index in [1.807, 2.05) is 42.5 Å². The van der Waals surface area contributed by atoms with Crippen LogP contribution >= 0.6 is 11.3 Å². The number of aliphatic hydroxyl groups is 1. The Morgan fingerprint density at radius 1 is 1.06 bits per heavy atom. The maximum absolute atomic E-state index is 13.3. The van der Waals surface area contributed by atoms with Crippen molar-refractivity contribution in [3.8, 4) is 5.75 Å². The SMILES string of the molecule is CCc1ccc2nc(N3C(=O)C(=O)/C(=C(/O)c4ccc(OC)cc4)C3c3ccccc3)sc2c1. The Hall–Kier alpha value is -3.97. The summed E-state index contributed by atoms with van der Waals surface area (Å²) >= 11 is 1.36. The first kappa shape index (κ1) is 21.9. The lowest BCUT2D eigenvalue weighted by Crippen LogP contribution is -2.29. The lowest BCUT2D eigenvalue weighted by Gasteiger charge is -2.22. The molecule has 6 nitrogen and oxygen atoms in total. The van der Waals surface area contributed by atoms with Gasteiger partial charge < -0.3 is 9.84 Å². The number of nitrogens with zero attached hydrogens (tertiary/aromatic N) is 2. The summed E-state index contributed by atoms with van der Waals surface area (Å²) in [5, 5.41) is 11.6. The van der Waals surface area contributed by atoms with Crippen LogP contribution in [0.4, 0.5) is 5.13 Å². The molecule has 1 N–H and O–H groups in total. The number of methoxy groups -OCH3 is 1. The number of amides is 1. The summed E-state index contributed by atoms with van der Waals surface area (Å²) in [6.07, 6.45) is 0.888. The van der Waals surface area contributed by atoms with Crippen molar-refractivity contribution in [2.24, 2.45) is 0 Å². The first-order valence-electron chi connectivity index (χ1n) is 10.9. The number of hydrogen-bond donors (Lipinski definition) is 1. The Kier molecular flexibility index (Phi) is 5.63. The van der Waals surface area contributed by atoms with Gasteiger partial charge in [0.15, 0.2) is 5.13 Å². The fourth-order valence-corrected chi connectivity index (χ4v) is 5.22. The average molecular weight is 471 g/mol. The van der Waals surface area contributed by atoms with Gasteiger partial charge in [-0.05, 0) is 53.9 Å². The number of thiazole rings is 1. The summed E-state index contributed by atoms with van der Waals surface area (Å²) in [6.45, 7) is 2.08. The molecule has 1 amide bonds. The van der Waals surface area contributed by atoms with E-state index in [1.54, 1.807) is 31.4 Å². The summed E-state index contributed by atoms with van der Waals surface area (Å²) in [4.78, 5) is 32.7. The third-order valence-corrected chi connectivity index (χ3v) is 7.00. The summed E-state index contributed by atoms with van der Waals surface area (Å²) < 4.78 is 6.13. The van der Waals surface area contributed by atoms with Crippen molar-refractivity contribution in [1.82, 2.24) is 4.98 Å². The number of rotatable bonds is 5. The second-order valence-electron chi connectivity index (χ2n) is 7.96. The second-order valence-corrected chi connectivity index (χ2v) is 8.97. The molecular formula is C27H22N2O4S. The van der Waals surface area contributed by atoms with Gasteiger partial charge in [0.1, 0.15) is 11.5 Å². The second kappa shape index (κ2) is 8.76. The monoisotopic (exact) mass is 470 g/mol. The van der Waals surface area contributed by atoms with Crippen LogP contribution in [0.25, 0.3) is 16.0 Å². The molecule has 2 heterocycles. The molecule has 5 rings (SSSR count). The predicted octanol–water partition coefficient (Wildman–Crippen LogP) is 5.49. The van der Waals surface area contributed by atoms with E-state index in [1.165, 1.54) is 21.8 Å². The zero-order valence-electron chi connectivity index (χ0n) is 18.7. The van der Waals surface area contributed by atoms with Gasteiger partial charge in [0.25, 0.3) is 5.78 Å². The van der Waals surface area contributed by atoms with Crippen LogP contribution in [0.3, 0.4) is 0 Å². The van der Waals surface area contributed by atoms with Gasteiger partial charge in [0, 0.05) is 5.56 Å². The topological polar surface area (TPSA) is 79.7 Å². The van der Waals surface area contributed by atoms with E-state index in [9.17, 15) is 14.7 Å². The number of ether oxygens (including phenoxy) is 1. The van der Waals surface area contributed by atoms with Gasteiger partial charge in [0.2, 0.25) is 0 Å². The molecule has 0 radical (unpaired) electrons. The van der Waals surface area contributed by atoms with E-state index in [-0.39, 0.29) is 11.3 Å². The number of fused-ring (bicyclic) bond motifs is 1. The van der Waals surface area contributed by atoms with Crippen LogP contribution in [0.2, 0.25) is 0 Å². The molecule has 4 aromatic rings. The highest BCUT2D eigenvalue weighted by molar-refractivity contribution is 7.22. The highest BCUT2D eigenvalue weighted by Gasteiger charge is 2.48. The molecule has 1 unspecified atom stereocenters.